The molecule has 68 valence electrons. The van der Waals surface area contributed by atoms with E-state index in [4.69, 9.17) is 5.73 Å². The second-order valence-electron chi connectivity index (χ2n) is 2.53. The molecule has 0 aliphatic rings. The van der Waals surface area contributed by atoms with Crippen LogP contribution in [0.4, 0.5) is 0 Å². The van der Waals surface area contributed by atoms with Gasteiger partial charge in [-0.2, -0.15) is 0 Å². The van der Waals surface area contributed by atoms with Crippen LogP contribution in [0.1, 0.15) is 11.6 Å². The molecule has 4 heteroatoms. The molecule has 0 fully saturated rings. The van der Waals surface area contributed by atoms with Gasteiger partial charge in [0.15, 0.2) is 0 Å². The van der Waals surface area contributed by atoms with Gasteiger partial charge in [-0.3, -0.25) is 9.59 Å². The third-order valence-corrected chi connectivity index (χ3v) is 1.65. The fourth-order valence-corrected chi connectivity index (χ4v) is 1.06. The molecule has 0 aromatic heterocycles. The van der Waals surface area contributed by atoms with E-state index >= 15 is 0 Å². The van der Waals surface area contributed by atoms with E-state index in [1.54, 1.807) is 24.3 Å². The molecule has 0 saturated heterocycles. The predicted molar refractivity (Wildman–Crippen MR) is 47.6 cm³/mol. The average molecular weight is 178 g/mol. The first-order chi connectivity index (χ1) is 6.25. The van der Waals surface area contributed by atoms with Crippen LogP contribution in [-0.2, 0) is 9.59 Å². The molecule has 0 bridgehead atoms. The van der Waals surface area contributed by atoms with E-state index in [1.807, 2.05) is 6.07 Å². The highest BCUT2D eigenvalue weighted by molar-refractivity contribution is 5.83. The Morgan fingerprint density at radius 3 is 2.46 bits per heavy atom. The first kappa shape index (κ1) is 9.25. The SMILES string of the molecule is NC(=O)[C@@H](NC=O)c1ccccc1. The minimum atomic E-state index is -0.737. The van der Waals surface area contributed by atoms with Crippen molar-refractivity contribution < 1.29 is 9.59 Å². The molecule has 2 amide bonds. The first-order valence-corrected chi connectivity index (χ1v) is 3.79. The Morgan fingerprint density at radius 2 is 2.00 bits per heavy atom. The van der Waals surface area contributed by atoms with E-state index in [9.17, 15) is 9.59 Å². The average Bonchev–Trinajstić information content (AvgIpc) is 2.15. The van der Waals surface area contributed by atoms with Crippen molar-refractivity contribution in [3.05, 3.63) is 35.9 Å². The van der Waals surface area contributed by atoms with E-state index in [0.29, 0.717) is 12.0 Å². The highest BCUT2D eigenvalue weighted by Gasteiger charge is 2.15. The number of nitrogens with two attached hydrogens (primary N) is 1. The van der Waals surface area contributed by atoms with Gasteiger partial charge in [-0.1, -0.05) is 30.3 Å². The number of primary amides is 1. The number of carbonyl (C=O) groups is 2. The quantitative estimate of drug-likeness (QED) is 0.635. The van der Waals surface area contributed by atoms with E-state index < -0.39 is 11.9 Å². The normalized spacial score (nSPS) is 11.7. The van der Waals surface area contributed by atoms with Crippen LogP contribution in [0.2, 0.25) is 0 Å². The molecule has 0 spiro atoms. The summed E-state index contributed by atoms with van der Waals surface area (Å²) in [5.74, 6) is -0.571. The third kappa shape index (κ3) is 2.30. The van der Waals surface area contributed by atoms with Gasteiger partial charge in [-0.25, -0.2) is 0 Å². The van der Waals surface area contributed by atoms with Crippen LogP contribution in [0.25, 0.3) is 0 Å². The minimum absolute atomic E-state index is 0.461. The van der Waals surface area contributed by atoms with Crippen LogP contribution < -0.4 is 11.1 Å². The van der Waals surface area contributed by atoms with Crippen molar-refractivity contribution in [1.29, 1.82) is 0 Å². The molecule has 0 heterocycles. The Kier molecular flexibility index (Phi) is 3.03. The summed E-state index contributed by atoms with van der Waals surface area (Å²) in [5.41, 5.74) is 5.78. The molecule has 0 radical (unpaired) electrons. The van der Waals surface area contributed by atoms with Crippen LogP contribution in [-0.4, -0.2) is 12.3 Å². The van der Waals surface area contributed by atoms with Crippen molar-refractivity contribution in [3.63, 3.8) is 0 Å². The second kappa shape index (κ2) is 4.25. The van der Waals surface area contributed by atoms with Crippen molar-refractivity contribution in [2.75, 3.05) is 0 Å². The Morgan fingerprint density at radius 1 is 1.38 bits per heavy atom. The maximum atomic E-state index is 10.9. The molecule has 0 unspecified atom stereocenters. The van der Waals surface area contributed by atoms with E-state index in [2.05, 4.69) is 5.32 Å². The molecular weight excluding hydrogens is 168 g/mol. The Labute approximate surface area is 75.7 Å². The van der Waals surface area contributed by atoms with Gasteiger partial charge in [0.2, 0.25) is 12.3 Å². The van der Waals surface area contributed by atoms with Crippen molar-refractivity contribution in [2.24, 2.45) is 5.73 Å². The van der Waals surface area contributed by atoms with Gasteiger partial charge < -0.3 is 11.1 Å². The number of hydrogen-bond acceptors (Lipinski definition) is 2. The lowest BCUT2D eigenvalue weighted by atomic mass is 10.1. The van der Waals surface area contributed by atoms with Gasteiger partial charge in [-0.15, -0.1) is 0 Å². The number of rotatable bonds is 4. The molecule has 1 rings (SSSR count). The molecule has 0 aliphatic carbocycles. The van der Waals surface area contributed by atoms with E-state index in [0.717, 1.165) is 0 Å². The molecule has 1 atom stereocenters. The number of nitrogens with one attached hydrogen (secondary N) is 1. The van der Waals surface area contributed by atoms with Crippen LogP contribution >= 0.6 is 0 Å². The molecule has 13 heavy (non-hydrogen) atoms. The van der Waals surface area contributed by atoms with Crippen molar-refractivity contribution in [3.8, 4) is 0 Å². The van der Waals surface area contributed by atoms with E-state index in [1.165, 1.54) is 0 Å². The predicted octanol–water partition coefficient (Wildman–Crippen LogP) is -0.0410. The smallest absolute Gasteiger partial charge is 0.244 e. The molecular formula is C9H10N2O2. The van der Waals surface area contributed by atoms with Gasteiger partial charge in [0.05, 0.1) is 0 Å². The van der Waals surface area contributed by atoms with Crippen LogP contribution in [0.3, 0.4) is 0 Å². The van der Waals surface area contributed by atoms with Crippen molar-refractivity contribution in [2.45, 2.75) is 6.04 Å². The van der Waals surface area contributed by atoms with Crippen LogP contribution in [0.15, 0.2) is 30.3 Å². The zero-order valence-corrected chi connectivity index (χ0v) is 6.94. The maximum absolute atomic E-state index is 10.9. The van der Waals surface area contributed by atoms with Gasteiger partial charge in [0.25, 0.3) is 0 Å². The zero-order valence-electron chi connectivity index (χ0n) is 6.94. The molecule has 4 nitrogen and oxygen atoms in total. The topological polar surface area (TPSA) is 72.2 Å². The number of carbonyl (C=O) groups excluding carboxylic acids is 2. The van der Waals surface area contributed by atoms with Crippen LogP contribution in [0.5, 0.6) is 0 Å². The summed E-state index contributed by atoms with van der Waals surface area (Å²) in [6, 6.07) is 8.09. The summed E-state index contributed by atoms with van der Waals surface area (Å²) in [7, 11) is 0. The lowest BCUT2D eigenvalue weighted by molar-refractivity contribution is -0.122. The zero-order chi connectivity index (χ0) is 9.68. The van der Waals surface area contributed by atoms with Gasteiger partial charge in [-0.05, 0) is 5.56 Å². The summed E-state index contributed by atoms with van der Waals surface area (Å²) in [5, 5.41) is 2.34. The van der Waals surface area contributed by atoms with E-state index in [-0.39, 0.29) is 0 Å². The highest BCUT2D eigenvalue weighted by atomic mass is 16.2. The fraction of sp³-hybridized carbons (Fsp3) is 0.111. The minimum Gasteiger partial charge on any atom is -0.368 e. The third-order valence-electron chi connectivity index (χ3n) is 1.65. The van der Waals surface area contributed by atoms with Gasteiger partial charge in [0.1, 0.15) is 6.04 Å². The fourth-order valence-electron chi connectivity index (χ4n) is 1.06. The molecule has 0 aliphatic heterocycles. The summed E-state index contributed by atoms with van der Waals surface area (Å²) >= 11 is 0. The molecule has 1 aromatic rings. The summed E-state index contributed by atoms with van der Waals surface area (Å²) in [6.45, 7) is 0. The molecule has 0 saturated carbocycles. The highest BCUT2D eigenvalue weighted by Crippen LogP contribution is 2.10. The van der Waals surface area contributed by atoms with Gasteiger partial charge in [0, 0.05) is 0 Å². The lowest BCUT2D eigenvalue weighted by Crippen LogP contribution is -2.32. The monoisotopic (exact) mass is 178 g/mol. The number of hydrogen-bond donors (Lipinski definition) is 2. The lowest BCUT2D eigenvalue weighted by Gasteiger charge is -2.11. The number of benzene rings is 1. The standard InChI is InChI=1S/C9H10N2O2/c10-9(13)8(11-6-12)7-4-2-1-3-5-7/h1-6,8H,(H2,10,13)(H,11,12)/t8-/m0/s1. The molecule has 1 aromatic carbocycles. The summed E-state index contributed by atoms with van der Waals surface area (Å²) in [4.78, 5) is 21.1. The Balaban J connectivity index is 2.88. The maximum Gasteiger partial charge on any atom is 0.244 e. The summed E-state index contributed by atoms with van der Waals surface area (Å²) < 4.78 is 0. The Hall–Kier alpha value is -1.84. The van der Waals surface area contributed by atoms with Crippen LogP contribution in [0, 0.1) is 0 Å². The van der Waals surface area contributed by atoms with Crippen molar-refractivity contribution >= 4 is 12.3 Å². The van der Waals surface area contributed by atoms with Gasteiger partial charge >= 0.3 is 0 Å². The largest absolute Gasteiger partial charge is 0.368 e. The number of amides is 2. The first-order valence-electron chi connectivity index (χ1n) is 3.79. The summed E-state index contributed by atoms with van der Waals surface area (Å²) in [6.07, 6.45) is 0.461. The molecule has 3 N–H and O–H groups in total. The Bertz CT molecular complexity index is 298. The van der Waals surface area contributed by atoms with Crippen molar-refractivity contribution in [1.82, 2.24) is 5.32 Å². The second-order valence-corrected chi connectivity index (χ2v) is 2.53.